The first-order valence-corrected chi connectivity index (χ1v) is 8.67. The van der Waals surface area contributed by atoms with E-state index in [0.717, 1.165) is 31.0 Å². The van der Waals surface area contributed by atoms with Crippen molar-refractivity contribution in [3.63, 3.8) is 0 Å². The van der Waals surface area contributed by atoms with Gasteiger partial charge in [0, 0.05) is 16.5 Å². The van der Waals surface area contributed by atoms with Gasteiger partial charge in [0.15, 0.2) is 0 Å². The Hall–Kier alpha value is -2.22. The fourth-order valence-corrected chi connectivity index (χ4v) is 4.00. The number of nitrogen functional groups attached to an aromatic ring is 1. The van der Waals surface area contributed by atoms with Crippen LogP contribution in [0.15, 0.2) is 46.2 Å². The number of hydrogen-bond acceptors (Lipinski definition) is 7. The number of nitrogens with zero attached hydrogens (tertiary/aromatic N) is 3. The molecule has 0 aliphatic carbocycles. The second-order valence-corrected chi connectivity index (χ2v) is 7.24. The fourth-order valence-electron chi connectivity index (χ4n) is 2.11. The maximum atomic E-state index is 5.99. The number of benzene rings is 1. The average molecular weight is 361 g/mol. The standard InChI is InChI=1S/C15H9ClN4OS2/c16-12-5-4-11(23-12)10-7-22-14(18-10)9-3-1-2-8(6-9)13-19-20-15(17)21-13/h1-7H,(H2,17,20). The quantitative estimate of drug-likeness (QED) is 0.566. The molecule has 0 amide bonds. The first kappa shape index (κ1) is 14.4. The van der Waals surface area contributed by atoms with Crippen LogP contribution in [0.1, 0.15) is 0 Å². The molecule has 5 nitrogen and oxygen atoms in total. The van der Waals surface area contributed by atoms with Crippen LogP contribution in [0.25, 0.3) is 32.6 Å². The Bertz CT molecular complexity index is 975. The Morgan fingerprint density at radius 3 is 2.70 bits per heavy atom. The number of nitrogens with two attached hydrogens (primary N) is 1. The van der Waals surface area contributed by atoms with Crippen LogP contribution in [-0.4, -0.2) is 15.2 Å². The van der Waals surface area contributed by atoms with E-state index in [9.17, 15) is 0 Å². The zero-order valence-corrected chi connectivity index (χ0v) is 14.0. The van der Waals surface area contributed by atoms with Gasteiger partial charge in [-0.3, -0.25) is 0 Å². The summed E-state index contributed by atoms with van der Waals surface area (Å²) in [7, 11) is 0. The van der Waals surface area contributed by atoms with Crippen LogP contribution < -0.4 is 5.73 Å². The normalized spacial score (nSPS) is 11.0. The van der Waals surface area contributed by atoms with Crippen molar-refractivity contribution in [3.8, 4) is 32.6 Å². The first-order valence-electron chi connectivity index (χ1n) is 6.60. The lowest BCUT2D eigenvalue weighted by atomic mass is 10.1. The third-order valence-corrected chi connectivity index (χ3v) is 5.27. The van der Waals surface area contributed by atoms with Crippen molar-refractivity contribution in [2.24, 2.45) is 0 Å². The van der Waals surface area contributed by atoms with Crippen LogP contribution in [-0.2, 0) is 0 Å². The van der Waals surface area contributed by atoms with E-state index >= 15 is 0 Å². The Balaban J connectivity index is 1.70. The summed E-state index contributed by atoms with van der Waals surface area (Å²) in [6, 6.07) is 11.7. The minimum atomic E-state index is 0.0523. The van der Waals surface area contributed by atoms with Crippen LogP contribution in [0.3, 0.4) is 0 Å². The molecule has 2 N–H and O–H groups in total. The maximum Gasteiger partial charge on any atom is 0.313 e. The van der Waals surface area contributed by atoms with Crippen molar-refractivity contribution >= 4 is 40.3 Å². The number of aromatic nitrogens is 3. The molecule has 0 fully saturated rings. The van der Waals surface area contributed by atoms with Crippen molar-refractivity contribution in [2.75, 3.05) is 5.73 Å². The minimum Gasteiger partial charge on any atom is -0.404 e. The molecule has 0 aliphatic rings. The molecule has 0 atom stereocenters. The Morgan fingerprint density at radius 2 is 1.96 bits per heavy atom. The first-order chi connectivity index (χ1) is 11.2. The monoisotopic (exact) mass is 360 g/mol. The summed E-state index contributed by atoms with van der Waals surface area (Å²) in [5, 5.41) is 10.5. The third-order valence-electron chi connectivity index (χ3n) is 3.13. The Morgan fingerprint density at radius 1 is 1.09 bits per heavy atom. The third kappa shape index (κ3) is 2.86. The van der Waals surface area contributed by atoms with E-state index in [2.05, 4.69) is 15.2 Å². The molecular weight excluding hydrogens is 352 g/mol. The molecule has 0 aliphatic heterocycles. The second-order valence-electron chi connectivity index (χ2n) is 4.67. The summed E-state index contributed by atoms with van der Waals surface area (Å²) in [5.74, 6) is 0.395. The van der Waals surface area contributed by atoms with Gasteiger partial charge in [-0.15, -0.1) is 27.8 Å². The number of rotatable bonds is 3. The molecule has 3 heterocycles. The van der Waals surface area contributed by atoms with E-state index < -0.39 is 0 Å². The van der Waals surface area contributed by atoms with Crippen molar-refractivity contribution < 1.29 is 4.42 Å². The topological polar surface area (TPSA) is 77.8 Å². The van der Waals surface area contributed by atoms with Gasteiger partial charge < -0.3 is 10.2 Å². The van der Waals surface area contributed by atoms with E-state index in [-0.39, 0.29) is 6.01 Å². The summed E-state index contributed by atoms with van der Waals surface area (Å²) < 4.78 is 6.02. The molecule has 1 aromatic carbocycles. The highest BCUT2D eigenvalue weighted by molar-refractivity contribution is 7.20. The number of thiophene rings is 1. The fraction of sp³-hybridized carbons (Fsp3) is 0. The molecule has 8 heteroatoms. The van der Waals surface area contributed by atoms with Gasteiger partial charge in [0.1, 0.15) is 5.01 Å². The Labute approximate surface area is 144 Å². The lowest BCUT2D eigenvalue weighted by molar-refractivity contribution is 0.590. The van der Waals surface area contributed by atoms with Crippen LogP contribution >= 0.6 is 34.3 Å². The SMILES string of the molecule is Nc1nnc(-c2cccc(-c3nc(-c4ccc(Cl)s4)cs3)c2)o1. The van der Waals surface area contributed by atoms with E-state index in [1.54, 1.807) is 11.3 Å². The van der Waals surface area contributed by atoms with Gasteiger partial charge in [0.2, 0.25) is 5.89 Å². The second kappa shape index (κ2) is 5.77. The summed E-state index contributed by atoms with van der Waals surface area (Å²) in [6.45, 7) is 0. The maximum absolute atomic E-state index is 5.99. The van der Waals surface area contributed by atoms with Gasteiger partial charge in [0.25, 0.3) is 0 Å². The van der Waals surface area contributed by atoms with Gasteiger partial charge in [-0.1, -0.05) is 28.8 Å². The summed E-state index contributed by atoms with van der Waals surface area (Å²) >= 11 is 9.08. The predicted octanol–water partition coefficient (Wildman–Crippen LogP) is 4.82. The highest BCUT2D eigenvalue weighted by atomic mass is 35.5. The summed E-state index contributed by atoms with van der Waals surface area (Å²) in [6.07, 6.45) is 0. The van der Waals surface area contributed by atoms with E-state index in [1.807, 2.05) is 41.8 Å². The predicted molar refractivity (Wildman–Crippen MR) is 93.6 cm³/mol. The van der Waals surface area contributed by atoms with Crippen molar-refractivity contribution in [2.45, 2.75) is 0 Å². The smallest absolute Gasteiger partial charge is 0.313 e. The highest BCUT2D eigenvalue weighted by Crippen LogP contribution is 2.35. The number of halogens is 1. The molecule has 0 spiro atoms. The van der Waals surface area contributed by atoms with E-state index in [0.29, 0.717) is 5.89 Å². The lowest BCUT2D eigenvalue weighted by Crippen LogP contribution is -1.81. The van der Waals surface area contributed by atoms with Crippen molar-refractivity contribution in [1.29, 1.82) is 0 Å². The van der Waals surface area contributed by atoms with E-state index in [4.69, 9.17) is 21.8 Å². The molecule has 3 aromatic heterocycles. The van der Waals surface area contributed by atoms with Crippen LogP contribution in [0, 0.1) is 0 Å². The molecule has 4 aromatic rings. The Kier molecular flexibility index (Phi) is 3.60. The molecule has 0 saturated heterocycles. The number of thiazole rings is 1. The molecule has 0 bridgehead atoms. The van der Waals surface area contributed by atoms with Crippen LogP contribution in [0.5, 0.6) is 0 Å². The van der Waals surface area contributed by atoms with Crippen LogP contribution in [0.2, 0.25) is 4.34 Å². The molecule has 0 unspecified atom stereocenters. The largest absolute Gasteiger partial charge is 0.404 e. The molecule has 4 rings (SSSR count). The van der Waals surface area contributed by atoms with Gasteiger partial charge in [-0.25, -0.2) is 4.98 Å². The van der Waals surface area contributed by atoms with Crippen molar-refractivity contribution in [3.05, 3.63) is 46.1 Å². The molecule has 114 valence electrons. The number of hydrogen-bond donors (Lipinski definition) is 1. The number of anilines is 1. The van der Waals surface area contributed by atoms with Gasteiger partial charge in [0.05, 0.1) is 14.9 Å². The van der Waals surface area contributed by atoms with Crippen molar-refractivity contribution in [1.82, 2.24) is 15.2 Å². The molecule has 0 saturated carbocycles. The summed E-state index contributed by atoms with van der Waals surface area (Å²) in [4.78, 5) is 5.74. The zero-order valence-electron chi connectivity index (χ0n) is 11.6. The highest BCUT2D eigenvalue weighted by Gasteiger charge is 2.11. The lowest BCUT2D eigenvalue weighted by Gasteiger charge is -1.99. The van der Waals surface area contributed by atoms with E-state index in [1.165, 1.54) is 11.3 Å². The molecule has 23 heavy (non-hydrogen) atoms. The van der Waals surface area contributed by atoms with Gasteiger partial charge >= 0.3 is 6.01 Å². The average Bonchev–Trinajstić information content (AvgIpc) is 3.27. The van der Waals surface area contributed by atoms with Gasteiger partial charge in [-0.05, 0) is 24.3 Å². The van der Waals surface area contributed by atoms with Crippen LogP contribution in [0.4, 0.5) is 6.01 Å². The van der Waals surface area contributed by atoms with Gasteiger partial charge in [-0.2, -0.15) is 0 Å². The molecular formula is C15H9ClN4OS2. The zero-order chi connectivity index (χ0) is 15.8. The molecule has 0 radical (unpaired) electrons. The summed E-state index contributed by atoms with van der Waals surface area (Å²) in [5.41, 5.74) is 8.19. The minimum absolute atomic E-state index is 0.0523.